The molecule has 1 aliphatic rings. The van der Waals surface area contributed by atoms with Gasteiger partial charge in [0.05, 0.1) is 12.1 Å². The van der Waals surface area contributed by atoms with Crippen LogP contribution >= 0.6 is 0 Å². The van der Waals surface area contributed by atoms with Crippen LogP contribution in [0.2, 0.25) is 0 Å². The second-order valence-electron chi connectivity index (χ2n) is 5.58. The van der Waals surface area contributed by atoms with Crippen molar-refractivity contribution in [1.82, 2.24) is 20.0 Å². The standard InChI is InChI=1S/C15H24N4O2/c1-3-19-11-13(6-7-14(19)20)15(21)16-8-4-5-12-9-17-18(2)10-12/h9-10,13H,3-8,11H2,1-2H3,(H,16,21)/t13-/m1/s1. The van der Waals surface area contributed by atoms with Crippen molar-refractivity contribution in [3.05, 3.63) is 18.0 Å². The molecule has 1 aromatic rings. The Hall–Kier alpha value is -1.85. The van der Waals surface area contributed by atoms with Crippen LogP contribution in [0.3, 0.4) is 0 Å². The molecule has 0 unspecified atom stereocenters. The number of aromatic nitrogens is 2. The molecular formula is C15H24N4O2. The number of rotatable bonds is 6. The Morgan fingerprint density at radius 1 is 1.52 bits per heavy atom. The summed E-state index contributed by atoms with van der Waals surface area (Å²) >= 11 is 0. The number of hydrogen-bond acceptors (Lipinski definition) is 3. The predicted octanol–water partition coefficient (Wildman–Crippen LogP) is 0.727. The topological polar surface area (TPSA) is 67.2 Å². The van der Waals surface area contributed by atoms with E-state index < -0.39 is 0 Å². The van der Waals surface area contributed by atoms with E-state index in [0.29, 0.717) is 32.5 Å². The lowest BCUT2D eigenvalue weighted by Crippen LogP contribution is -2.45. The van der Waals surface area contributed by atoms with Crippen molar-refractivity contribution in [3.8, 4) is 0 Å². The lowest BCUT2D eigenvalue weighted by molar-refractivity contribution is -0.138. The Morgan fingerprint density at radius 3 is 3.00 bits per heavy atom. The van der Waals surface area contributed by atoms with Crippen LogP contribution in [0, 0.1) is 5.92 Å². The number of piperidine rings is 1. The van der Waals surface area contributed by atoms with Crippen molar-refractivity contribution >= 4 is 11.8 Å². The molecule has 0 aromatic carbocycles. The molecule has 0 bridgehead atoms. The number of hydrogen-bond donors (Lipinski definition) is 1. The van der Waals surface area contributed by atoms with Crippen molar-refractivity contribution in [2.45, 2.75) is 32.6 Å². The van der Waals surface area contributed by atoms with Gasteiger partial charge < -0.3 is 10.2 Å². The molecule has 1 fully saturated rings. The molecule has 21 heavy (non-hydrogen) atoms. The molecule has 1 saturated heterocycles. The first-order chi connectivity index (χ1) is 10.1. The van der Waals surface area contributed by atoms with E-state index in [1.165, 1.54) is 5.56 Å². The number of amides is 2. The third-order valence-corrected chi connectivity index (χ3v) is 3.95. The molecule has 1 atom stereocenters. The van der Waals surface area contributed by atoms with Crippen molar-refractivity contribution in [3.63, 3.8) is 0 Å². The predicted molar refractivity (Wildman–Crippen MR) is 79.5 cm³/mol. The molecule has 1 N–H and O–H groups in total. The average molecular weight is 292 g/mol. The molecule has 2 heterocycles. The Labute approximate surface area is 125 Å². The molecule has 2 rings (SSSR count). The van der Waals surface area contributed by atoms with Crippen molar-refractivity contribution in [2.24, 2.45) is 13.0 Å². The van der Waals surface area contributed by atoms with Crippen LogP contribution in [0.4, 0.5) is 0 Å². The molecule has 0 spiro atoms. The zero-order valence-electron chi connectivity index (χ0n) is 12.8. The number of carbonyl (C=O) groups is 2. The van der Waals surface area contributed by atoms with E-state index in [-0.39, 0.29) is 17.7 Å². The van der Waals surface area contributed by atoms with Gasteiger partial charge in [-0.05, 0) is 31.7 Å². The monoisotopic (exact) mass is 292 g/mol. The van der Waals surface area contributed by atoms with Crippen LogP contribution in [0.5, 0.6) is 0 Å². The zero-order valence-corrected chi connectivity index (χ0v) is 12.8. The summed E-state index contributed by atoms with van der Waals surface area (Å²) in [5.41, 5.74) is 1.19. The highest BCUT2D eigenvalue weighted by Gasteiger charge is 2.28. The quantitative estimate of drug-likeness (QED) is 0.786. The molecule has 0 radical (unpaired) electrons. The van der Waals surface area contributed by atoms with E-state index in [4.69, 9.17) is 0 Å². The summed E-state index contributed by atoms with van der Waals surface area (Å²) in [6, 6.07) is 0. The van der Waals surface area contributed by atoms with Crippen LogP contribution in [-0.4, -0.2) is 46.1 Å². The molecule has 6 heteroatoms. The van der Waals surface area contributed by atoms with Gasteiger partial charge in [-0.15, -0.1) is 0 Å². The second kappa shape index (κ2) is 7.24. The minimum absolute atomic E-state index is 0.0546. The summed E-state index contributed by atoms with van der Waals surface area (Å²) in [5, 5.41) is 7.11. The Kier molecular flexibility index (Phi) is 5.36. The van der Waals surface area contributed by atoms with Crippen LogP contribution < -0.4 is 5.32 Å². The molecule has 0 aliphatic carbocycles. The summed E-state index contributed by atoms with van der Waals surface area (Å²) in [4.78, 5) is 25.5. The first-order valence-corrected chi connectivity index (χ1v) is 7.63. The molecule has 1 aromatic heterocycles. The molecule has 116 valence electrons. The molecular weight excluding hydrogens is 268 g/mol. The summed E-state index contributed by atoms with van der Waals surface area (Å²) in [5.74, 6) is 0.186. The van der Waals surface area contributed by atoms with E-state index in [1.54, 1.807) is 9.58 Å². The van der Waals surface area contributed by atoms with Gasteiger partial charge in [0, 0.05) is 39.3 Å². The number of aryl methyl sites for hydroxylation is 2. The Morgan fingerprint density at radius 2 is 2.33 bits per heavy atom. The summed E-state index contributed by atoms with van der Waals surface area (Å²) < 4.78 is 1.78. The molecule has 1 aliphatic heterocycles. The first kappa shape index (κ1) is 15.5. The summed E-state index contributed by atoms with van der Waals surface area (Å²) in [7, 11) is 1.90. The Balaban J connectivity index is 1.68. The van der Waals surface area contributed by atoms with E-state index >= 15 is 0 Å². The maximum Gasteiger partial charge on any atom is 0.224 e. The van der Waals surface area contributed by atoms with Gasteiger partial charge in [-0.1, -0.05) is 0 Å². The Bertz CT molecular complexity index is 498. The number of nitrogens with one attached hydrogen (secondary N) is 1. The molecule has 6 nitrogen and oxygen atoms in total. The van der Waals surface area contributed by atoms with E-state index in [9.17, 15) is 9.59 Å². The average Bonchev–Trinajstić information content (AvgIpc) is 2.89. The number of likely N-dealkylation sites (tertiary alicyclic amines) is 1. The maximum absolute atomic E-state index is 12.1. The van der Waals surface area contributed by atoms with Gasteiger partial charge in [-0.3, -0.25) is 14.3 Å². The lowest BCUT2D eigenvalue weighted by atomic mass is 9.96. The molecule has 0 saturated carbocycles. The molecule has 2 amide bonds. The third-order valence-electron chi connectivity index (χ3n) is 3.95. The van der Waals surface area contributed by atoms with Crippen molar-refractivity contribution < 1.29 is 9.59 Å². The van der Waals surface area contributed by atoms with Crippen LogP contribution in [0.25, 0.3) is 0 Å². The number of carbonyl (C=O) groups excluding carboxylic acids is 2. The minimum Gasteiger partial charge on any atom is -0.356 e. The fraction of sp³-hybridized carbons (Fsp3) is 0.667. The highest BCUT2D eigenvalue weighted by atomic mass is 16.2. The minimum atomic E-state index is -0.0546. The van der Waals surface area contributed by atoms with Crippen LogP contribution in [-0.2, 0) is 23.1 Å². The van der Waals surface area contributed by atoms with Gasteiger partial charge >= 0.3 is 0 Å². The van der Waals surface area contributed by atoms with Gasteiger partial charge in [0.25, 0.3) is 0 Å². The maximum atomic E-state index is 12.1. The SMILES string of the molecule is CCN1C[C@H](C(=O)NCCCc2cnn(C)c2)CCC1=O. The van der Waals surface area contributed by atoms with Gasteiger partial charge in [0.1, 0.15) is 0 Å². The third kappa shape index (κ3) is 4.31. The first-order valence-electron chi connectivity index (χ1n) is 7.63. The van der Waals surface area contributed by atoms with Crippen LogP contribution in [0.15, 0.2) is 12.4 Å². The number of nitrogens with zero attached hydrogens (tertiary/aromatic N) is 3. The smallest absolute Gasteiger partial charge is 0.224 e. The van der Waals surface area contributed by atoms with Crippen molar-refractivity contribution in [1.29, 1.82) is 0 Å². The fourth-order valence-electron chi connectivity index (χ4n) is 2.68. The second-order valence-corrected chi connectivity index (χ2v) is 5.58. The van der Waals surface area contributed by atoms with Gasteiger partial charge in [-0.25, -0.2) is 0 Å². The highest BCUT2D eigenvalue weighted by molar-refractivity contribution is 5.83. The van der Waals surface area contributed by atoms with E-state index in [2.05, 4.69) is 10.4 Å². The van der Waals surface area contributed by atoms with E-state index in [0.717, 1.165) is 12.8 Å². The lowest BCUT2D eigenvalue weighted by Gasteiger charge is -2.31. The summed E-state index contributed by atoms with van der Waals surface area (Å²) in [6.07, 6.45) is 6.83. The van der Waals surface area contributed by atoms with Gasteiger partial charge in [0.2, 0.25) is 11.8 Å². The normalized spacial score (nSPS) is 18.9. The highest BCUT2D eigenvalue weighted by Crippen LogP contribution is 2.17. The zero-order chi connectivity index (χ0) is 15.2. The van der Waals surface area contributed by atoms with Crippen molar-refractivity contribution in [2.75, 3.05) is 19.6 Å². The van der Waals surface area contributed by atoms with Gasteiger partial charge in [0.15, 0.2) is 0 Å². The van der Waals surface area contributed by atoms with E-state index in [1.807, 2.05) is 26.4 Å². The largest absolute Gasteiger partial charge is 0.356 e. The summed E-state index contributed by atoms with van der Waals surface area (Å²) in [6.45, 7) is 3.86. The fourth-order valence-corrected chi connectivity index (χ4v) is 2.68. The van der Waals surface area contributed by atoms with Gasteiger partial charge in [-0.2, -0.15) is 5.10 Å². The van der Waals surface area contributed by atoms with Crippen LogP contribution in [0.1, 0.15) is 31.7 Å².